The van der Waals surface area contributed by atoms with E-state index in [1.165, 1.54) is 31.3 Å². The number of carboxylic acids is 1. The highest BCUT2D eigenvalue weighted by atomic mass is 32.2. The second-order valence-electron chi connectivity index (χ2n) is 6.26. The molecular formula is C17H12F3N3O7S. The Balaban J connectivity index is 2.10. The number of aryl methyl sites for hydroxylation is 1. The number of alkyl halides is 3. The average molecular weight is 459 g/mol. The maximum atomic E-state index is 12.8. The van der Waals surface area contributed by atoms with Crippen LogP contribution in [0.2, 0.25) is 0 Å². The minimum absolute atomic E-state index is 0.0127. The zero-order valence-electron chi connectivity index (χ0n) is 15.5. The summed E-state index contributed by atoms with van der Waals surface area (Å²) < 4.78 is 65.6. The first-order chi connectivity index (χ1) is 14.3. The zero-order chi connectivity index (χ0) is 23.1. The number of pyridine rings is 1. The second-order valence-corrected chi connectivity index (χ2v) is 7.80. The van der Waals surface area contributed by atoms with Crippen LogP contribution in [0.25, 0.3) is 10.9 Å². The molecule has 0 saturated carbocycles. The summed E-state index contributed by atoms with van der Waals surface area (Å²) in [5.74, 6) is -2.17. The van der Waals surface area contributed by atoms with Gasteiger partial charge in [-0.05, 0) is 17.7 Å². The van der Waals surface area contributed by atoms with Crippen molar-refractivity contribution in [3.8, 4) is 5.88 Å². The minimum atomic E-state index is -6.01. The first-order valence-electron chi connectivity index (χ1n) is 8.24. The number of aromatic nitrogens is 3. The number of hydrogen-bond donors (Lipinski definition) is 1. The lowest BCUT2D eigenvalue weighted by molar-refractivity contribution is -0.0501. The topological polar surface area (TPSA) is 138 Å². The molecule has 2 aromatic heterocycles. The maximum absolute atomic E-state index is 12.8. The lowest BCUT2D eigenvalue weighted by Crippen LogP contribution is -2.39. The molecule has 0 spiro atoms. The molecule has 2 heterocycles. The monoisotopic (exact) mass is 459 g/mol. The molecule has 0 atom stereocenters. The van der Waals surface area contributed by atoms with Gasteiger partial charge in [0.05, 0.1) is 29.2 Å². The average Bonchev–Trinajstić information content (AvgIpc) is 2.68. The van der Waals surface area contributed by atoms with E-state index in [0.717, 1.165) is 15.3 Å². The highest BCUT2D eigenvalue weighted by Crippen LogP contribution is 2.26. The third-order valence-electron chi connectivity index (χ3n) is 4.23. The Labute approximate surface area is 170 Å². The van der Waals surface area contributed by atoms with Crippen molar-refractivity contribution in [3.05, 3.63) is 68.5 Å². The number of aromatic carboxylic acids is 1. The van der Waals surface area contributed by atoms with E-state index in [0.29, 0.717) is 11.6 Å². The smallest absolute Gasteiger partial charge is 0.478 e. The molecule has 1 N–H and O–H groups in total. The summed E-state index contributed by atoms with van der Waals surface area (Å²) in [6.07, 6.45) is 0.839. The van der Waals surface area contributed by atoms with E-state index in [-0.39, 0.29) is 23.0 Å². The molecule has 0 aliphatic heterocycles. The fraction of sp³-hybridized carbons (Fsp3) is 0.176. The molecule has 0 aliphatic rings. The van der Waals surface area contributed by atoms with Crippen molar-refractivity contribution >= 4 is 27.0 Å². The molecule has 1 aromatic carbocycles. The normalized spacial score (nSPS) is 12.1. The number of benzene rings is 1. The summed E-state index contributed by atoms with van der Waals surface area (Å²) in [7, 11) is -4.73. The summed E-state index contributed by atoms with van der Waals surface area (Å²) in [4.78, 5) is 39.7. The van der Waals surface area contributed by atoms with Crippen molar-refractivity contribution in [2.75, 3.05) is 0 Å². The first-order valence-corrected chi connectivity index (χ1v) is 9.65. The van der Waals surface area contributed by atoms with Crippen LogP contribution in [0.1, 0.15) is 15.9 Å². The summed E-state index contributed by atoms with van der Waals surface area (Å²) in [6, 6.07) is 6.00. The lowest BCUT2D eigenvalue weighted by Gasteiger charge is -2.12. The van der Waals surface area contributed by atoms with Crippen LogP contribution in [-0.2, 0) is 23.7 Å². The summed E-state index contributed by atoms with van der Waals surface area (Å²) in [5, 5.41) is 8.61. The molecule has 0 bridgehead atoms. The molecule has 0 unspecified atom stereocenters. The molecule has 0 amide bonds. The Kier molecular flexibility index (Phi) is 5.35. The summed E-state index contributed by atoms with van der Waals surface area (Å²) in [6.45, 7) is -0.277. The molecule has 164 valence electrons. The molecular weight excluding hydrogens is 447 g/mol. The van der Waals surface area contributed by atoms with Crippen LogP contribution in [0.15, 0.2) is 46.1 Å². The lowest BCUT2D eigenvalue weighted by atomic mass is 10.1. The van der Waals surface area contributed by atoms with E-state index in [4.69, 9.17) is 5.11 Å². The van der Waals surface area contributed by atoms with E-state index in [1.807, 2.05) is 0 Å². The Morgan fingerprint density at radius 1 is 1.19 bits per heavy atom. The van der Waals surface area contributed by atoms with Gasteiger partial charge < -0.3 is 9.29 Å². The van der Waals surface area contributed by atoms with E-state index >= 15 is 0 Å². The van der Waals surface area contributed by atoms with Crippen LogP contribution in [0, 0.1) is 0 Å². The highest BCUT2D eigenvalue weighted by Gasteiger charge is 2.48. The molecule has 3 aromatic rings. The van der Waals surface area contributed by atoms with Gasteiger partial charge in [0.25, 0.3) is 5.56 Å². The van der Waals surface area contributed by atoms with Crippen molar-refractivity contribution in [2.45, 2.75) is 12.1 Å². The Hall–Kier alpha value is -3.68. The molecule has 0 saturated heterocycles. The predicted molar refractivity (Wildman–Crippen MR) is 99.4 cm³/mol. The Morgan fingerprint density at radius 2 is 1.81 bits per heavy atom. The van der Waals surface area contributed by atoms with Crippen molar-refractivity contribution < 1.29 is 35.7 Å². The standard InChI is InChI=1S/C17H12F3N3O7S/c1-22-12-7-21-13(30-31(28,29)17(18,19)20)6-11(12)14(24)23(16(22)27)8-9-2-4-10(5-3-9)15(25)26/h2-7H,8H2,1H3,(H,25,26). The van der Waals surface area contributed by atoms with E-state index < -0.39 is 38.7 Å². The summed E-state index contributed by atoms with van der Waals surface area (Å²) in [5.41, 5.74) is -7.09. The Bertz CT molecular complexity index is 1410. The fourth-order valence-corrected chi connectivity index (χ4v) is 3.07. The zero-order valence-corrected chi connectivity index (χ0v) is 16.3. The number of rotatable bonds is 5. The van der Waals surface area contributed by atoms with Crippen LogP contribution >= 0.6 is 0 Å². The van der Waals surface area contributed by atoms with Crippen LogP contribution in [0.3, 0.4) is 0 Å². The minimum Gasteiger partial charge on any atom is -0.478 e. The SMILES string of the molecule is Cn1c(=O)n(Cc2ccc(C(=O)O)cc2)c(=O)c2cc(OS(=O)(=O)C(F)(F)F)ncc21. The summed E-state index contributed by atoms with van der Waals surface area (Å²) >= 11 is 0. The van der Waals surface area contributed by atoms with Gasteiger partial charge in [-0.2, -0.15) is 21.6 Å². The number of carbonyl (C=O) groups is 1. The van der Waals surface area contributed by atoms with E-state index in [2.05, 4.69) is 9.17 Å². The maximum Gasteiger partial charge on any atom is 0.534 e. The van der Waals surface area contributed by atoms with Gasteiger partial charge in [0.1, 0.15) is 0 Å². The van der Waals surface area contributed by atoms with Crippen LogP contribution in [-0.4, -0.2) is 39.1 Å². The molecule has 0 radical (unpaired) electrons. The van der Waals surface area contributed by atoms with Gasteiger partial charge in [-0.15, -0.1) is 0 Å². The van der Waals surface area contributed by atoms with Gasteiger partial charge in [0, 0.05) is 13.1 Å². The first kappa shape index (κ1) is 22.0. The number of nitrogens with zero attached hydrogens (tertiary/aromatic N) is 3. The van der Waals surface area contributed by atoms with E-state index in [1.54, 1.807) is 0 Å². The number of halogens is 3. The Morgan fingerprint density at radius 3 is 2.35 bits per heavy atom. The van der Waals surface area contributed by atoms with Gasteiger partial charge in [0.2, 0.25) is 5.88 Å². The van der Waals surface area contributed by atoms with Gasteiger partial charge in [-0.25, -0.2) is 14.6 Å². The number of fused-ring (bicyclic) bond motifs is 1. The van der Waals surface area contributed by atoms with E-state index in [9.17, 15) is 36.0 Å². The van der Waals surface area contributed by atoms with Crippen LogP contribution in [0.4, 0.5) is 13.2 Å². The van der Waals surface area contributed by atoms with Crippen molar-refractivity contribution in [1.29, 1.82) is 0 Å². The quantitative estimate of drug-likeness (QED) is 0.442. The van der Waals surface area contributed by atoms with Gasteiger partial charge in [0.15, 0.2) is 0 Å². The highest BCUT2D eigenvalue weighted by molar-refractivity contribution is 7.87. The number of hydrogen-bond acceptors (Lipinski definition) is 7. The third-order valence-corrected chi connectivity index (χ3v) is 5.19. The molecule has 14 heteroatoms. The molecule has 10 nitrogen and oxygen atoms in total. The number of carboxylic acid groups (broad SMARTS) is 1. The third kappa shape index (κ3) is 4.14. The van der Waals surface area contributed by atoms with Gasteiger partial charge >= 0.3 is 27.3 Å². The largest absolute Gasteiger partial charge is 0.534 e. The molecule has 0 aliphatic carbocycles. The predicted octanol–water partition coefficient (Wildman–Crippen LogP) is 1.07. The van der Waals surface area contributed by atoms with Gasteiger partial charge in [-0.3, -0.25) is 13.9 Å². The van der Waals surface area contributed by atoms with Crippen molar-refractivity contribution in [3.63, 3.8) is 0 Å². The second kappa shape index (κ2) is 7.54. The molecule has 3 rings (SSSR count). The van der Waals surface area contributed by atoms with Crippen LogP contribution in [0.5, 0.6) is 5.88 Å². The molecule has 31 heavy (non-hydrogen) atoms. The van der Waals surface area contributed by atoms with Crippen molar-refractivity contribution in [1.82, 2.24) is 14.1 Å². The fourth-order valence-electron chi connectivity index (χ4n) is 2.66. The van der Waals surface area contributed by atoms with Crippen molar-refractivity contribution in [2.24, 2.45) is 7.05 Å². The molecule has 0 fully saturated rings. The van der Waals surface area contributed by atoms with Gasteiger partial charge in [-0.1, -0.05) is 12.1 Å². The van der Waals surface area contributed by atoms with Crippen LogP contribution < -0.4 is 15.4 Å².